The Morgan fingerprint density at radius 3 is 2.09 bits per heavy atom. The number of hydrogen-bond acceptors (Lipinski definition) is 3. The molecule has 0 atom stereocenters. The predicted octanol–water partition coefficient (Wildman–Crippen LogP) is 5.06. The maximum absolute atomic E-state index is 5.84. The summed E-state index contributed by atoms with van der Waals surface area (Å²) in [5.41, 5.74) is 11.0. The van der Waals surface area contributed by atoms with E-state index in [1.54, 1.807) is 7.11 Å². The summed E-state index contributed by atoms with van der Waals surface area (Å²) in [6.07, 6.45) is 0. The van der Waals surface area contributed by atoms with Gasteiger partial charge < -0.3 is 15.4 Å². The van der Waals surface area contributed by atoms with Gasteiger partial charge >= 0.3 is 0 Å². The highest BCUT2D eigenvalue weighted by atomic mass is 16.5. The number of benzene rings is 3. The molecule has 0 aromatic heterocycles. The molecule has 3 nitrogen and oxygen atoms in total. The number of nitrogen functional groups attached to an aromatic ring is 1. The van der Waals surface area contributed by atoms with Crippen molar-refractivity contribution in [1.82, 2.24) is 0 Å². The second-order valence-electron chi connectivity index (χ2n) is 5.41. The van der Waals surface area contributed by atoms with Crippen LogP contribution in [-0.4, -0.2) is 7.11 Å². The normalized spacial score (nSPS) is 10.3. The molecule has 0 saturated carbocycles. The van der Waals surface area contributed by atoms with Gasteiger partial charge in [0.1, 0.15) is 5.75 Å². The number of aryl methyl sites for hydroxylation is 1. The van der Waals surface area contributed by atoms with E-state index in [4.69, 9.17) is 10.5 Å². The van der Waals surface area contributed by atoms with E-state index < -0.39 is 0 Å². The van der Waals surface area contributed by atoms with Crippen molar-refractivity contribution in [3.05, 3.63) is 78.4 Å². The van der Waals surface area contributed by atoms with Gasteiger partial charge in [0.2, 0.25) is 0 Å². The van der Waals surface area contributed by atoms with Crippen molar-refractivity contribution in [2.75, 3.05) is 17.7 Å². The highest BCUT2D eigenvalue weighted by Crippen LogP contribution is 2.37. The topological polar surface area (TPSA) is 38.5 Å². The maximum Gasteiger partial charge on any atom is 0.119 e. The van der Waals surface area contributed by atoms with Crippen LogP contribution in [0.2, 0.25) is 0 Å². The first-order chi connectivity index (χ1) is 11.2. The molecule has 0 unspecified atom stereocenters. The Morgan fingerprint density at radius 1 is 0.826 bits per heavy atom. The lowest BCUT2D eigenvalue weighted by atomic mass is 10.1. The molecule has 0 saturated heterocycles. The van der Waals surface area contributed by atoms with Crippen molar-refractivity contribution in [2.24, 2.45) is 0 Å². The molecule has 116 valence electrons. The van der Waals surface area contributed by atoms with E-state index in [0.29, 0.717) is 0 Å². The number of methoxy groups -OCH3 is 1. The fourth-order valence-electron chi connectivity index (χ4n) is 2.63. The molecule has 3 aromatic rings. The average Bonchev–Trinajstić information content (AvgIpc) is 2.59. The van der Waals surface area contributed by atoms with Crippen molar-refractivity contribution < 1.29 is 4.74 Å². The van der Waals surface area contributed by atoms with Gasteiger partial charge in [-0.05, 0) is 67.1 Å². The number of nitrogens with two attached hydrogens (primary N) is 1. The molecule has 0 heterocycles. The van der Waals surface area contributed by atoms with E-state index in [2.05, 4.69) is 30.0 Å². The van der Waals surface area contributed by atoms with E-state index in [0.717, 1.165) is 34.1 Å². The third-order valence-corrected chi connectivity index (χ3v) is 3.81. The SMILES string of the molecule is COc1ccc(N(c2ccccc2)c2ccc(N)cc2)c(C)c1. The average molecular weight is 304 g/mol. The summed E-state index contributed by atoms with van der Waals surface area (Å²) in [5, 5.41) is 0. The van der Waals surface area contributed by atoms with Gasteiger partial charge in [-0.15, -0.1) is 0 Å². The molecule has 0 radical (unpaired) electrons. The van der Waals surface area contributed by atoms with Crippen molar-refractivity contribution in [2.45, 2.75) is 6.92 Å². The van der Waals surface area contributed by atoms with Crippen molar-refractivity contribution >= 4 is 22.7 Å². The number of nitrogens with zero attached hydrogens (tertiary/aromatic N) is 1. The van der Waals surface area contributed by atoms with Gasteiger partial charge in [-0.2, -0.15) is 0 Å². The monoisotopic (exact) mass is 304 g/mol. The number of para-hydroxylation sites is 1. The van der Waals surface area contributed by atoms with E-state index in [-0.39, 0.29) is 0 Å². The van der Waals surface area contributed by atoms with Crippen molar-refractivity contribution in [3.8, 4) is 5.75 Å². The van der Waals surface area contributed by atoms with Gasteiger partial charge in [0, 0.05) is 22.7 Å². The summed E-state index contributed by atoms with van der Waals surface area (Å²) in [6.45, 7) is 2.09. The van der Waals surface area contributed by atoms with Crippen LogP contribution in [0.5, 0.6) is 5.75 Å². The van der Waals surface area contributed by atoms with Crippen LogP contribution in [0.25, 0.3) is 0 Å². The van der Waals surface area contributed by atoms with Crippen LogP contribution in [0.4, 0.5) is 22.7 Å². The van der Waals surface area contributed by atoms with E-state index in [9.17, 15) is 0 Å². The molecule has 3 rings (SSSR count). The van der Waals surface area contributed by atoms with Crippen LogP contribution in [-0.2, 0) is 0 Å². The van der Waals surface area contributed by atoms with Gasteiger partial charge in [0.25, 0.3) is 0 Å². The number of hydrogen-bond donors (Lipinski definition) is 1. The Hall–Kier alpha value is -2.94. The van der Waals surface area contributed by atoms with Crippen molar-refractivity contribution in [3.63, 3.8) is 0 Å². The summed E-state index contributed by atoms with van der Waals surface area (Å²) in [5.74, 6) is 0.858. The summed E-state index contributed by atoms with van der Waals surface area (Å²) in [4.78, 5) is 2.22. The van der Waals surface area contributed by atoms with Crippen LogP contribution in [0.15, 0.2) is 72.8 Å². The minimum absolute atomic E-state index is 0.758. The highest BCUT2D eigenvalue weighted by molar-refractivity contribution is 5.79. The molecule has 0 bridgehead atoms. The first-order valence-corrected chi connectivity index (χ1v) is 7.54. The van der Waals surface area contributed by atoms with Gasteiger partial charge in [-0.3, -0.25) is 0 Å². The standard InChI is InChI=1S/C20H20N2O/c1-15-14-19(23-2)12-13-20(15)22(17-6-4-3-5-7-17)18-10-8-16(21)9-11-18/h3-14H,21H2,1-2H3. The lowest BCUT2D eigenvalue weighted by molar-refractivity contribution is 0.414. The highest BCUT2D eigenvalue weighted by Gasteiger charge is 2.14. The van der Waals surface area contributed by atoms with Crippen molar-refractivity contribution in [1.29, 1.82) is 0 Å². The maximum atomic E-state index is 5.84. The van der Waals surface area contributed by atoms with Gasteiger partial charge in [0.05, 0.1) is 7.11 Å². The van der Waals surface area contributed by atoms with Crippen LogP contribution < -0.4 is 15.4 Å². The fraction of sp³-hybridized carbons (Fsp3) is 0.100. The molecule has 0 fully saturated rings. The molecular weight excluding hydrogens is 284 g/mol. The minimum atomic E-state index is 0.758. The molecule has 0 aliphatic heterocycles. The number of rotatable bonds is 4. The first-order valence-electron chi connectivity index (χ1n) is 7.54. The molecule has 23 heavy (non-hydrogen) atoms. The zero-order valence-electron chi connectivity index (χ0n) is 13.4. The first kappa shape index (κ1) is 15.0. The third kappa shape index (κ3) is 3.14. The Morgan fingerprint density at radius 2 is 1.48 bits per heavy atom. The molecule has 2 N–H and O–H groups in total. The van der Waals surface area contributed by atoms with Gasteiger partial charge in [-0.1, -0.05) is 18.2 Å². The molecular formula is C20H20N2O. The smallest absolute Gasteiger partial charge is 0.119 e. The summed E-state index contributed by atoms with van der Waals surface area (Å²) in [6, 6.07) is 24.3. The van der Waals surface area contributed by atoms with Gasteiger partial charge in [0.15, 0.2) is 0 Å². The summed E-state index contributed by atoms with van der Waals surface area (Å²) >= 11 is 0. The Kier molecular flexibility index (Phi) is 4.20. The van der Waals surface area contributed by atoms with E-state index in [1.807, 2.05) is 54.6 Å². The lowest BCUT2D eigenvalue weighted by Crippen LogP contribution is -2.11. The zero-order valence-corrected chi connectivity index (χ0v) is 13.4. The molecule has 0 aliphatic carbocycles. The van der Waals surface area contributed by atoms with E-state index >= 15 is 0 Å². The second-order valence-corrected chi connectivity index (χ2v) is 5.41. The molecule has 3 aromatic carbocycles. The summed E-state index contributed by atoms with van der Waals surface area (Å²) in [7, 11) is 1.68. The lowest BCUT2D eigenvalue weighted by Gasteiger charge is -2.27. The molecule has 0 aliphatic rings. The number of ether oxygens (including phenoxy) is 1. The van der Waals surface area contributed by atoms with Crippen LogP contribution in [0, 0.1) is 6.92 Å². The van der Waals surface area contributed by atoms with Crippen LogP contribution >= 0.6 is 0 Å². The summed E-state index contributed by atoms with van der Waals surface area (Å²) < 4.78 is 5.32. The molecule has 0 spiro atoms. The second kappa shape index (κ2) is 6.44. The van der Waals surface area contributed by atoms with Crippen LogP contribution in [0.1, 0.15) is 5.56 Å². The molecule has 0 amide bonds. The Bertz CT molecular complexity index is 782. The Balaban J connectivity index is 2.14. The third-order valence-electron chi connectivity index (χ3n) is 3.81. The van der Waals surface area contributed by atoms with Crippen LogP contribution in [0.3, 0.4) is 0 Å². The predicted molar refractivity (Wildman–Crippen MR) is 96.8 cm³/mol. The van der Waals surface area contributed by atoms with E-state index in [1.165, 1.54) is 0 Å². The largest absolute Gasteiger partial charge is 0.497 e. The Labute approximate surface area is 136 Å². The molecule has 3 heteroatoms. The number of anilines is 4. The quantitative estimate of drug-likeness (QED) is 0.685. The zero-order chi connectivity index (χ0) is 16.2. The van der Waals surface area contributed by atoms with Gasteiger partial charge in [-0.25, -0.2) is 0 Å². The minimum Gasteiger partial charge on any atom is -0.497 e. The fourth-order valence-corrected chi connectivity index (χ4v) is 2.63.